The van der Waals surface area contributed by atoms with Crippen LogP contribution in [0.25, 0.3) is 0 Å². The third kappa shape index (κ3) is 7.76. The Morgan fingerprint density at radius 2 is 1.35 bits per heavy atom. The number of carboxylic acid groups (broad SMARTS) is 2. The number of aliphatic carboxylic acids is 2. The Kier molecular flexibility index (Phi) is 13.1. The van der Waals surface area contributed by atoms with Gasteiger partial charge in [0.25, 0.3) is 0 Å². The number of allylic oxidation sites excluding steroid dienone is 2. The molecule has 65 heavy (non-hydrogen) atoms. The van der Waals surface area contributed by atoms with Crippen molar-refractivity contribution < 1.29 is 89.1 Å². The second kappa shape index (κ2) is 17.2. The van der Waals surface area contributed by atoms with Gasteiger partial charge in [0.15, 0.2) is 25.0 Å². The van der Waals surface area contributed by atoms with Crippen molar-refractivity contribution in [2.45, 2.75) is 205 Å². The van der Waals surface area contributed by atoms with Crippen LogP contribution in [-0.4, -0.2) is 168 Å². The van der Waals surface area contributed by atoms with Crippen molar-refractivity contribution in [2.24, 2.45) is 50.2 Å². The molecule has 3 aliphatic heterocycles. The van der Waals surface area contributed by atoms with Gasteiger partial charge >= 0.3 is 11.9 Å². The number of hydrogen-bond acceptors (Lipinski definition) is 16. The van der Waals surface area contributed by atoms with E-state index in [-0.39, 0.29) is 39.4 Å². The molecule has 370 valence electrons. The number of hydrogen-bond donors (Lipinski definition) is 10. The van der Waals surface area contributed by atoms with E-state index in [1.165, 1.54) is 5.57 Å². The first-order valence-electron chi connectivity index (χ1n) is 23.7. The monoisotopic (exact) mass is 926 g/mol. The number of rotatable bonds is 9. The van der Waals surface area contributed by atoms with Crippen molar-refractivity contribution in [1.29, 1.82) is 0 Å². The standard InChI is InChI=1S/C47H74O18/c1-42(2)14-16-47(41(58)59)17-15-45(6)21(22(47)18-42)8-9-26-44(5)12-11-27(43(3,4)25(44)10-13-46(26,45)7)62-40-36(65-38-31(53)28(50)23(49)20-60-38)34(33(55)35(64-40)37(56)57)63-39-32(54)30(52)29(51)24(19-48)61-39/h8,22-36,38-40,48-55H,9-20H2,1-7H3,(H,56,57)(H,58,59)/t22-,23+,24+,25-,26+,27-,28-,29-,30-,31+,32+,33-,34-,35-,36+,38-,39-,40+,44-,45-,46+,47-/m0/s1. The molecule has 7 fully saturated rings. The van der Waals surface area contributed by atoms with Gasteiger partial charge in [0.05, 0.1) is 24.7 Å². The Hall–Kier alpha value is -1.88. The van der Waals surface area contributed by atoms with Gasteiger partial charge < -0.3 is 79.5 Å². The van der Waals surface area contributed by atoms with E-state index in [0.717, 1.165) is 44.9 Å². The molecule has 0 unspecified atom stereocenters. The van der Waals surface area contributed by atoms with Crippen LogP contribution in [0, 0.1) is 50.2 Å². The summed E-state index contributed by atoms with van der Waals surface area (Å²) in [5, 5.41) is 106. The fraction of sp³-hybridized carbons (Fsp3) is 0.915. The maximum atomic E-state index is 13.2. The van der Waals surface area contributed by atoms with Gasteiger partial charge in [0.1, 0.15) is 61.0 Å². The van der Waals surface area contributed by atoms with Gasteiger partial charge in [-0.3, -0.25) is 4.79 Å². The van der Waals surface area contributed by atoms with Gasteiger partial charge in [-0.25, -0.2) is 4.79 Å². The minimum Gasteiger partial charge on any atom is -0.481 e. The number of ether oxygens (including phenoxy) is 6. The highest BCUT2D eigenvalue weighted by Gasteiger charge is 2.70. The molecule has 0 aromatic rings. The lowest BCUT2D eigenvalue weighted by atomic mass is 9.33. The molecule has 4 saturated carbocycles. The Bertz CT molecular complexity index is 1820. The lowest BCUT2D eigenvalue weighted by Crippen LogP contribution is -2.68. The van der Waals surface area contributed by atoms with Gasteiger partial charge in [0, 0.05) is 0 Å². The van der Waals surface area contributed by atoms with Gasteiger partial charge in [-0.2, -0.15) is 0 Å². The normalized spacial score (nSPS) is 52.8. The number of aliphatic hydroxyl groups excluding tert-OH is 8. The molecule has 8 aliphatic rings. The van der Waals surface area contributed by atoms with E-state index in [2.05, 4.69) is 54.5 Å². The van der Waals surface area contributed by atoms with Crippen LogP contribution in [0.4, 0.5) is 0 Å². The number of aliphatic hydroxyl groups is 8. The minimum atomic E-state index is -2.06. The Morgan fingerprint density at radius 3 is 2.02 bits per heavy atom. The van der Waals surface area contributed by atoms with E-state index < -0.39 is 128 Å². The summed E-state index contributed by atoms with van der Waals surface area (Å²) in [6.07, 6.45) is -15.3. The quantitative estimate of drug-likeness (QED) is 0.116. The van der Waals surface area contributed by atoms with Gasteiger partial charge in [-0.05, 0) is 109 Å². The summed E-state index contributed by atoms with van der Waals surface area (Å²) >= 11 is 0. The zero-order valence-electron chi connectivity index (χ0n) is 38.7. The minimum absolute atomic E-state index is 0.0212. The summed E-state index contributed by atoms with van der Waals surface area (Å²) in [6.45, 7) is 14.7. The summed E-state index contributed by atoms with van der Waals surface area (Å²) in [5.74, 6) is -1.95. The number of carbonyl (C=O) groups is 2. The molecule has 3 heterocycles. The molecule has 3 saturated heterocycles. The molecule has 8 rings (SSSR count). The van der Waals surface area contributed by atoms with Crippen molar-refractivity contribution in [3.63, 3.8) is 0 Å². The molecule has 5 aliphatic carbocycles. The molecule has 0 aromatic heterocycles. The molecule has 22 atom stereocenters. The fourth-order valence-electron chi connectivity index (χ4n) is 14.8. The molecule has 18 nitrogen and oxygen atoms in total. The first kappa shape index (κ1) is 49.5. The highest BCUT2D eigenvalue weighted by Crippen LogP contribution is 2.76. The summed E-state index contributed by atoms with van der Waals surface area (Å²) in [7, 11) is 0. The van der Waals surface area contributed by atoms with Crippen LogP contribution in [0.5, 0.6) is 0 Å². The summed E-state index contributed by atoms with van der Waals surface area (Å²) in [4.78, 5) is 25.9. The average molecular weight is 927 g/mol. The third-order valence-electron chi connectivity index (χ3n) is 18.9. The molecule has 0 bridgehead atoms. The van der Waals surface area contributed by atoms with Crippen LogP contribution >= 0.6 is 0 Å². The lowest BCUT2D eigenvalue weighted by molar-refractivity contribution is -0.391. The molecule has 10 N–H and O–H groups in total. The second-order valence-electron chi connectivity index (χ2n) is 23.1. The maximum Gasteiger partial charge on any atom is 0.335 e. The van der Waals surface area contributed by atoms with E-state index in [0.29, 0.717) is 19.3 Å². The molecular formula is C47H74O18. The number of fused-ring (bicyclic) bond motifs is 7. The molecule has 0 amide bonds. The molecule has 0 radical (unpaired) electrons. The van der Waals surface area contributed by atoms with Crippen LogP contribution in [0.1, 0.15) is 113 Å². The smallest absolute Gasteiger partial charge is 0.335 e. The van der Waals surface area contributed by atoms with Crippen molar-refractivity contribution in [2.75, 3.05) is 13.2 Å². The largest absolute Gasteiger partial charge is 0.481 e. The maximum absolute atomic E-state index is 13.2. The van der Waals surface area contributed by atoms with Crippen LogP contribution in [-0.2, 0) is 38.0 Å². The highest BCUT2D eigenvalue weighted by atomic mass is 16.8. The average Bonchev–Trinajstić information content (AvgIpc) is 3.23. The van der Waals surface area contributed by atoms with E-state index in [1.807, 2.05) is 0 Å². The van der Waals surface area contributed by atoms with Crippen LogP contribution in [0.3, 0.4) is 0 Å². The van der Waals surface area contributed by atoms with Crippen LogP contribution in [0.2, 0.25) is 0 Å². The number of carboxylic acids is 2. The molecule has 0 spiro atoms. The fourth-order valence-corrected chi connectivity index (χ4v) is 14.8. The van der Waals surface area contributed by atoms with Crippen LogP contribution in [0.15, 0.2) is 11.6 Å². The predicted octanol–water partition coefficient (Wildman–Crippen LogP) is 1.44. The topological polar surface area (TPSA) is 292 Å². The Labute approximate surface area is 380 Å². The molecular weight excluding hydrogens is 852 g/mol. The van der Waals surface area contributed by atoms with Gasteiger partial charge in [-0.1, -0.05) is 60.1 Å². The van der Waals surface area contributed by atoms with E-state index in [4.69, 9.17) is 28.4 Å². The highest BCUT2D eigenvalue weighted by molar-refractivity contribution is 5.76. The van der Waals surface area contributed by atoms with E-state index in [1.54, 1.807) is 0 Å². The van der Waals surface area contributed by atoms with E-state index in [9.17, 15) is 60.7 Å². The first-order valence-corrected chi connectivity index (χ1v) is 23.7. The van der Waals surface area contributed by atoms with Gasteiger partial charge in [0.2, 0.25) is 0 Å². The SMILES string of the molecule is CC1(C)CC[C@]2(C(=O)O)CC[C@@]3(C)C(=CC[C@@H]4[C@@]5(C)CC[C@H](O[C@@H]6O[C@H](C(=O)O)[C@@H](O)[C@H](O[C@@H]7O[C@H](CO)[C@H](O)[C@H](O)[C@H]7O)[C@H]6O[C@@H]6OC[C@@H](O)[C@H](O)[C@H]6O)C(C)(C)[C@@H]5CC[C@]43C)[C@@H]2C1. The van der Waals surface area contributed by atoms with E-state index >= 15 is 0 Å². The van der Waals surface area contributed by atoms with Crippen molar-refractivity contribution >= 4 is 11.9 Å². The Balaban J connectivity index is 1.10. The first-order chi connectivity index (χ1) is 30.3. The van der Waals surface area contributed by atoms with Gasteiger partial charge in [-0.15, -0.1) is 0 Å². The second-order valence-corrected chi connectivity index (χ2v) is 23.1. The third-order valence-corrected chi connectivity index (χ3v) is 18.9. The Morgan fingerprint density at radius 1 is 0.692 bits per heavy atom. The summed E-state index contributed by atoms with van der Waals surface area (Å²) < 4.78 is 36.3. The zero-order valence-corrected chi connectivity index (χ0v) is 38.7. The molecule has 0 aromatic carbocycles. The molecule has 18 heteroatoms. The van der Waals surface area contributed by atoms with Crippen molar-refractivity contribution in [3.8, 4) is 0 Å². The van der Waals surface area contributed by atoms with Crippen molar-refractivity contribution in [3.05, 3.63) is 11.6 Å². The summed E-state index contributed by atoms with van der Waals surface area (Å²) in [5.41, 5.74) is -0.471. The predicted molar refractivity (Wildman–Crippen MR) is 225 cm³/mol. The zero-order chi connectivity index (χ0) is 47.6. The van der Waals surface area contributed by atoms with Crippen molar-refractivity contribution in [1.82, 2.24) is 0 Å². The lowest BCUT2D eigenvalue weighted by Gasteiger charge is -2.71. The van der Waals surface area contributed by atoms with Crippen LogP contribution < -0.4 is 0 Å². The summed E-state index contributed by atoms with van der Waals surface area (Å²) in [6, 6.07) is 0.